The molecular formula is C19H23N3O2. The number of carbonyl (C=O) groups is 1. The number of para-hydroxylation sites is 1. The number of rotatable bonds is 9. The van der Waals surface area contributed by atoms with E-state index < -0.39 is 0 Å². The van der Waals surface area contributed by atoms with Gasteiger partial charge in [-0.1, -0.05) is 24.8 Å². The smallest absolute Gasteiger partial charge is 0.252 e. The van der Waals surface area contributed by atoms with Crippen molar-refractivity contribution >= 4 is 5.91 Å². The molecule has 0 radical (unpaired) electrons. The Hall–Kier alpha value is -2.66. The molecule has 1 heterocycles. The summed E-state index contributed by atoms with van der Waals surface area (Å²) in [6.45, 7) is 8.18. The van der Waals surface area contributed by atoms with E-state index in [2.05, 4.69) is 22.2 Å². The molecular weight excluding hydrogens is 302 g/mol. The van der Waals surface area contributed by atoms with Gasteiger partial charge in [0.25, 0.3) is 5.91 Å². The van der Waals surface area contributed by atoms with Crippen LogP contribution in [0.3, 0.4) is 0 Å². The Morgan fingerprint density at radius 3 is 2.79 bits per heavy atom. The second kappa shape index (κ2) is 9.47. The molecule has 0 bridgehead atoms. The molecule has 2 aromatic rings. The number of amides is 1. The molecule has 0 aliphatic carbocycles. The molecule has 0 spiro atoms. The summed E-state index contributed by atoms with van der Waals surface area (Å²) in [7, 11) is 0. The van der Waals surface area contributed by atoms with Gasteiger partial charge in [0.15, 0.2) is 0 Å². The lowest BCUT2D eigenvalue weighted by molar-refractivity contribution is 0.0953. The maximum absolute atomic E-state index is 11.9. The third-order valence-electron chi connectivity index (χ3n) is 3.27. The van der Waals surface area contributed by atoms with Crippen molar-refractivity contribution in [1.29, 1.82) is 0 Å². The lowest BCUT2D eigenvalue weighted by Gasteiger charge is -2.12. The molecule has 1 amide bonds. The molecule has 1 aromatic heterocycles. The molecule has 0 saturated carbocycles. The molecule has 24 heavy (non-hydrogen) atoms. The standard InChI is InChI=1S/C19H23N3O2/c1-15(2)14-24-18-8-4-3-6-16(18)12-21-10-11-22-19(23)17-7-5-9-20-13-17/h3-9,13,21H,1,10-12,14H2,2H3,(H,22,23). The van der Waals surface area contributed by atoms with Crippen LogP contribution in [-0.2, 0) is 6.54 Å². The van der Waals surface area contributed by atoms with Gasteiger partial charge in [0.1, 0.15) is 12.4 Å². The SMILES string of the molecule is C=C(C)COc1ccccc1CNCCNC(=O)c1cccnc1. The minimum atomic E-state index is -0.116. The predicted molar refractivity (Wildman–Crippen MR) is 95.0 cm³/mol. The average molecular weight is 325 g/mol. The fourth-order valence-electron chi connectivity index (χ4n) is 2.08. The molecule has 0 aliphatic rings. The number of nitrogens with one attached hydrogen (secondary N) is 2. The molecule has 5 nitrogen and oxygen atoms in total. The number of benzene rings is 1. The highest BCUT2D eigenvalue weighted by atomic mass is 16.5. The summed E-state index contributed by atoms with van der Waals surface area (Å²) in [5.41, 5.74) is 2.63. The maximum Gasteiger partial charge on any atom is 0.252 e. The normalized spacial score (nSPS) is 10.2. The zero-order chi connectivity index (χ0) is 17.2. The second-order valence-electron chi connectivity index (χ2n) is 5.53. The van der Waals surface area contributed by atoms with Gasteiger partial charge in [-0.05, 0) is 30.7 Å². The zero-order valence-corrected chi connectivity index (χ0v) is 13.9. The van der Waals surface area contributed by atoms with Gasteiger partial charge in [-0.3, -0.25) is 9.78 Å². The molecule has 2 rings (SSSR count). The van der Waals surface area contributed by atoms with Crippen molar-refractivity contribution in [2.45, 2.75) is 13.5 Å². The van der Waals surface area contributed by atoms with Crippen LogP contribution in [0.5, 0.6) is 5.75 Å². The molecule has 5 heteroatoms. The molecule has 0 atom stereocenters. The Balaban J connectivity index is 1.72. The van der Waals surface area contributed by atoms with Gasteiger partial charge in [-0.2, -0.15) is 0 Å². The Labute approximate surface area is 142 Å². The van der Waals surface area contributed by atoms with E-state index in [1.54, 1.807) is 24.5 Å². The van der Waals surface area contributed by atoms with Crippen molar-refractivity contribution in [3.63, 3.8) is 0 Å². The minimum absolute atomic E-state index is 0.116. The number of nitrogens with zero attached hydrogens (tertiary/aromatic N) is 1. The molecule has 1 aromatic carbocycles. The van der Waals surface area contributed by atoms with Gasteiger partial charge in [-0.15, -0.1) is 0 Å². The van der Waals surface area contributed by atoms with Crippen molar-refractivity contribution in [2.24, 2.45) is 0 Å². The highest BCUT2D eigenvalue weighted by Crippen LogP contribution is 2.18. The second-order valence-corrected chi connectivity index (χ2v) is 5.53. The van der Waals surface area contributed by atoms with Crippen molar-refractivity contribution in [2.75, 3.05) is 19.7 Å². The average Bonchev–Trinajstić information content (AvgIpc) is 2.61. The lowest BCUT2D eigenvalue weighted by atomic mass is 10.2. The van der Waals surface area contributed by atoms with E-state index >= 15 is 0 Å². The van der Waals surface area contributed by atoms with Crippen LogP contribution < -0.4 is 15.4 Å². The first-order valence-corrected chi connectivity index (χ1v) is 7.91. The van der Waals surface area contributed by atoms with E-state index in [0.29, 0.717) is 31.8 Å². The van der Waals surface area contributed by atoms with Crippen molar-refractivity contribution < 1.29 is 9.53 Å². The molecule has 0 fully saturated rings. The third-order valence-corrected chi connectivity index (χ3v) is 3.27. The van der Waals surface area contributed by atoms with Crippen LogP contribution in [0.4, 0.5) is 0 Å². The summed E-state index contributed by atoms with van der Waals surface area (Å²) in [4.78, 5) is 15.8. The van der Waals surface area contributed by atoms with Crippen LogP contribution in [0.2, 0.25) is 0 Å². The number of aromatic nitrogens is 1. The number of hydrogen-bond acceptors (Lipinski definition) is 4. The van der Waals surface area contributed by atoms with E-state index in [-0.39, 0.29) is 5.91 Å². The predicted octanol–water partition coefficient (Wildman–Crippen LogP) is 2.56. The Morgan fingerprint density at radius 2 is 2.04 bits per heavy atom. The van der Waals surface area contributed by atoms with Crippen LogP contribution >= 0.6 is 0 Å². The summed E-state index contributed by atoms with van der Waals surface area (Å²) in [5, 5.41) is 6.16. The number of carbonyl (C=O) groups excluding carboxylic acids is 1. The van der Waals surface area contributed by atoms with Crippen LogP contribution in [0.15, 0.2) is 60.9 Å². The van der Waals surface area contributed by atoms with E-state index in [9.17, 15) is 4.79 Å². The molecule has 2 N–H and O–H groups in total. The summed E-state index contributed by atoms with van der Waals surface area (Å²) >= 11 is 0. The molecule has 0 saturated heterocycles. The Bertz CT molecular complexity index is 671. The highest BCUT2D eigenvalue weighted by Gasteiger charge is 2.05. The summed E-state index contributed by atoms with van der Waals surface area (Å²) in [5.74, 6) is 0.738. The van der Waals surface area contributed by atoms with Gasteiger partial charge >= 0.3 is 0 Å². The Kier molecular flexibility index (Phi) is 6.98. The lowest BCUT2D eigenvalue weighted by Crippen LogP contribution is -2.31. The molecule has 0 aliphatic heterocycles. The van der Waals surface area contributed by atoms with Gasteiger partial charge in [0.2, 0.25) is 0 Å². The van der Waals surface area contributed by atoms with Gasteiger partial charge < -0.3 is 15.4 Å². The van der Waals surface area contributed by atoms with Crippen LogP contribution in [-0.4, -0.2) is 30.6 Å². The van der Waals surface area contributed by atoms with E-state index in [1.165, 1.54) is 0 Å². The minimum Gasteiger partial charge on any atom is -0.489 e. The number of hydrogen-bond donors (Lipinski definition) is 2. The van der Waals surface area contributed by atoms with E-state index in [4.69, 9.17) is 4.74 Å². The third kappa shape index (κ3) is 5.85. The van der Waals surface area contributed by atoms with E-state index in [1.807, 2.05) is 31.2 Å². The monoisotopic (exact) mass is 325 g/mol. The zero-order valence-electron chi connectivity index (χ0n) is 13.9. The van der Waals surface area contributed by atoms with Crippen LogP contribution in [0.25, 0.3) is 0 Å². The summed E-state index contributed by atoms with van der Waals surface area (Å²) in [6, 6.07) is 11.4. The van der Waals surface area contributed by atoms with Gasteiger partial charge in [0.05, 0.1) is 5.56 Å². The van der Waals surface area contributed by atoms with Gasteiger partial charge in [0, 0.05) is 37.6 Å². The first-order chi connectivity index (χ1) is 11.7. The largest absolute Gasteiger partial charge is 0.489 e. The molecule has 0 unspecified atom stereocenters. The fraction of sp³-hybridized carbons (Fsp3) is 0.263. The fourth-order valence-corrected chi connectivity index (χ4v) is 2.08. The molecule has 126 valence electrons. The maximum atomic E-state index is 11.9. The van der Waals surface area contributed by atoms with Crippen LogP contribution in [0, 0.1) is 0 Å². The van der Waals surface area contributed by atoms with Crippen molar-refractivity contribution in [3.8, 4) is 5.75 Å². The topological polar surface area (TPSA) is 63.2 Å². The van der Waals surface area contributed by atoms with Crippen LogP contribution in [0.1, 0.15) is 22.8 Å². The van der Waals surface area contributed by atoms with Gasteiger partial charge in [-0.25, -0.2) is 0 Å². The van der Waals surface area contributed by atoms with Crippen molar-refractivity contribution in [3.05, 3.63) is 72.1 Å². The highest BCUT2D eigenvalue weighted by molar-refractivity contribution is 5.93. The number of ether oxygens (including phenoxy) is 1. The summed E-state index contributed by atoms with van der Waals surface area (Å²) in [6.07, 6.45) is 3.20. The Morgan fingerprint density at radius 1 is 1.21 bits per heavy atom. The first kappa shape index (κ1) is 17.7. The quantitative estimate of drug-likeness (QED) is 0.549. The summed E-state index contributed by atoms with van der Waals surface area (Å²) < 4.78 is 5.74. The first-order valence-electron chi connectivity index (χ1n) is 7.91. The van der Waals surface area contributed by atoms with Crippen molar-refractivity contribution in [1.82, 2.24) is 15.6 Å². The van der Waals surface area contributed by atoms with E-state index in [0.717, 1.165) is 16.9 Å². The number of pyridine rings is 1.